The number of pyridine rings is 2. The number of ether oxygens (including phenoxy) is 3. The van der Waals surface area contributed by atoms with E-state index in [4.69, 9.17) is 19.2 Å². The molecule has 2 aromatic carbocycles. The number of aromatic nitrogens is 2. The van der Waals surface area contributed by atoms with Crippen LogP contribution in [-0.4, -0.2) is 33.2 Å². The van der Waals surface area contributed by atoms with Gasteiger partial charge in [0, 0.05) is 27.5 Å². The van der Waals surface area contributed by atoms with E-state index in [1.807, 2.05) is 12.1 Å². The summed E-state index contributed by atoms with van der Waals surface area (Å²) in [5.74, 6) is 1.52. The molecule has 5 heterocycles. The maximum absolute atomic E-state index is 13.7. The molecule has 2 aromatic heterocycles. The summed E-state index contributed by atoms with van der Waals surface area (Å²) >= 11 is 1.78. The maximum atomic E-state index is 13.7. The van der Waals surface area contributed by atoms with Crippen LogP contribution in [0.15, 0.2) is 52.2 Å². The molecule has 0 saturated heterocycles. The molecule has 7 rings (SSSR count). The van der Waals surface area contributed by atoms with Crippen molar-refractivity contribution >= 4 is 28.6 Å². The summed E-state index contributed by atoms with van der Waals surface area (Å²) < 4.78 is 18.2. The van der Waals surface area contributed by atoms with E-state index in [-0.39, 0.29) is 25.4 Å². The number of benzene rings is 2. The van der Waals surface area contributed by atoms with Gasteiger partial charge in [0.25, 0.3) is 5.56 Å². The van der Waals surface area contributed by atoms with Crippen molar-refractivity contribution in [3.8, 4) is 34.0 Å². The number of cyclic esters (lactones) is 1. The van der Waals surface area contributed by atoms with Crippen LogP contribution in [0.1, 0.15) is 37.0 Å². The average Bonchev–Trinajstić information content (AvgIpc) is 3.53. The molecule has 0 saturated carbocycles. The van der Waals surface area contributed by atoms with Gasteiger partial charge in [-0.2, -0.15) is 0 Å². The molecular formula is C29H24N2O6S. The van der Waals surface area contributed by atoms with Crippen LogP contribution in [0.25, 0.3) is 33.4 Å². The van der Waals surface area contributed by atoms with E-state index in [0.29, 0.717) is 46.1 Å². The van der Waals surface area contributed by atoms with Gasteiger partial charge in [-0.15, -0.1) is 11.8 Å². The Morgan fingerprint density at radius 3 is 2.53 bits per heavy atom. The summed E-state index contributed by atoms with van der Waals surface area (Å²) in [5.41, 5.74) is 3.25. The minimum absolute atomic E-state index is 0.0938. The summed E-state index contributed by atoms with van der Waals surface area (Å²) in [4.78, 5) is 32.4. The van der Waals surface area contributed by atoms with Gasteiger partial charge in [-0.05, 0) is 47.6 Å². The molecule has 192 valence electrons. The monoisotopic (exact) mass is 528 g/mol. The second-order valence-electron chi connectivity index (χ2n) is 9.60. The van der Waals surface area contributed by atoms with Crippen molar-refractivity contribution < 1.29 is 24.1 Å². The Morgan fingerprint density at radius 1 is 1.03 bits per heavy atom. The second kappa shape index (κ2) is 8.34. The lowest BCUT2D eigenvalue weighted by Crippen LogP contribution is -2.44. The molecule has 8 nitrogen and oxygen atoms in total. The number of hydrogen-bond acceptors (Lipinski definition) is 8. The predicted octanol–water partition coefficient (Wildman–Crippen LogP) is 4.59. The van der Waals surface area contributed by atoms with Crippen LogP contribution in [-0.2, 0) is 28.3 Å². The van der Waals surface area contributed by atoms with Crippen molar-refractivity contribution in [1.29, 1.82) is 0 Å². The Bertz CT molecular complexity index is 1730. The maximum Gasteiger partial charge on any atom is 0.343 e. The average molecular weight is 529 g/mol. The number of fused-ring (bicyclic) bond motifs is 6. The molecule has 0 spiro atoms. The Kier molecular flexibility index (Phi) is 5.12. The zero-order chi connectivity index (χ0) is 26.2. The molecule has 1 N–H and O–H groups in total. The van der Waals surface area contributed by atoms with Crippen LogP contribution in [0.4, 0.5) is 0 Å². The fraction of sp³-hybridized carbons (Fsp3) is 0.276. The Labute approximate surface area is 222 Å². The van der Waals surface area contributed by atoms with E-state index in [0.717, 1.165) is 27.8 Å². The molecule has 3 aliphatic rings. The smallest absolute Gasteiger partial charge is 0.343 e. The molecule has 0 radical (unpaired) electrons. The van der Waals surface area contributed by atoms with E-state index in [1.54, 1.807) is 29.3 Å². The third-order valence-electron chi connectivity index (χ3n) is 7.64. The van der Waals surface area contributed by atoms with Gasteiger partial charge in [0.2, 0.25) is 6.79 Å². The highest BCUT2D eigenvalue weighted by Gasteiger charge is 2.45. The molecule has 9 heteroatoms. The number of carbonyl (C=O) groups excluding carboxylic acids is 1. The number of aliphatic hydroxyl groups is 1. The van der Waals surface area contributed by atoms with Gasteiger partial charge < -0.3 is 23.9 Å². The summed E-state index contributed by atoms with van der Waals surface area (Å²) in [5, 5.41) is 12.1. The molecule has 38 heavy (non-hydrogen) atoms. The fourth-order valence-corrected chi connectivity index (χ4v) is 6.35. The van der Waals surface area contributed by atoms with Crippen molar-refractivity contribution in [3.05, 3.63) is 69.5 Å². The highest BCUT2D eigenvalue weighted by molar-refractivity contribution is 7.99. The van der Waals surface area contributed by atoms with Crippen LogP contribution in [0.2, 0.25) is 0 Å². The molecule has 0 aliphatic carbocycles. The first-order valence-electron chi connectivity index (χ1n) is 12.6. The third kappa shape index (κ3) is 3.18. The number of esters is 1. The fourth-order valence-electron chi connectivity index (χ4n) is 5.68. The van der Waals surface area contributed by atoms with Gasteiger partial charge in [-0.1, -0.05) is 26.0 Å². The molecular weight excluding hydrogens is 504 g/mol. The SMILES string of the molecule is CCSc1ccc(-c2c3c(nc4cc5c(cc24)OCO5)-c2cc4c(c(=O)n2C3)COC(=O)[C@]4(O)CC)cc1. The Balaban J connectivity index is 1.51. The predicted molar refractivity (Wildman–Crippen MR) is 142 cm³/mol. The third-order valence-corrected chi connectivity index (χ3v) is 8.53. The van der Waals surface area contributed by atoms with Gasteiger partial charge in [0.1, 0.15) is 6.61 Å². The van der Waals surface area contributed by atoms with Crippen molar-refractivity contribution in [3.63, 3.8) is 0 Å². The topological polar surface area (TPSA) is 99.9 Å². The molecule has 3 aliphatic heterocycles. The van der Waals surface area contributed by atoms with Crippen molar-refractivity contribution in [1.82, 2.24) is 9.55 Å². The molecule has 1 atom stereocenters. The van der Waals surface area contributed by atoms with E-state index >= 15 is 0 Å². The van der Waals surface area contributed by atoms with Crippen LogP contribution >= 0.6 is 11.8 Å². The first-order chi connectivity index (χ1) is 18.4. The largest absolute Gasteiger partial charge is 0.458 e. The standard InChI is InChI=1S/C29H24N2O6S/c1-3-29(34)20-10-22-26-18(12-31(22)27(32)19(20)13-35-28(29)33)25(15-5-7-16(8-6-15)38-4-2)17-9-23-24(37-14-36-23)11-21(17)30-26/h5-11,34H,3-4,12-14H2,1-2H3/t29-/m0/s1. The minimum Gasteiger partial charge on any atom is -0.458 e. The summed E-state index contributed by atoms with van der Waals surface area (Å²) in [7, 11) is 0. The zero-order valence-corrected chi connectivity index (χ0v) is 21.7. The normalized spacial score (nSPS) is 18.8. The first kappa shape index (κ1) is 23.3. The zero-order valence-electron chi connectivity index (χ0n) is 20.9. The van der Waals surface area contributed by atoms with Crippen LogP contribution in [0.5, 0.6) is 11.5 Å². The highest BCUT2D eigenvalue weighted by Crippen LogP contribution is 2.46. The lowest BCUT2D eigenvalue weighted by Gasteiger charge is -2.31. The molecule has 0 bridgehead atoms. The number of thioether (sulfide) groups is 1. The van der Waals surface area contributed by atoms with E-state index in [2.05, 4.69) is 31.2 Å². The van der Waals surface area contributed by atoms with Crippen molar-refractivity contribution in [2.24, 2.45) is 0 Å². The Hall–Kier alpha value is -3.82. The van der Waals surface area contributed by atoms with Gasteiger partial charge in [0.05, 0.1) is 29.0 Å². The number of rotatable bonds is 4. The van der Waals surface area contributed by atoms with Crippen molar-refractivity contribution in [2.45, 2.75) is 43.9 Å². The van der Waals surface area contributed by atoms with E-state index < -0.39 is 11.6 Å². The first-order valence-corrected chi connectivity index (χ1v) is 13.6. The second-order valence-corrected chi connectivity index (χ2v) is 10.9. The van der Waals surface area contributed by atoms with Gasteiger partial charge in [-0.3, -0.25) is 4.79 Å². The molecule has 0 unspecified atom stereocenters. The summed E-state index contributed by atoms with van der Waals surface area (Å²) in [6.45, 7) is 4.12. The van der Waals surface area contributed by atoms with Crippen LogP contribution in [0, 0.1) is 0 Å². The number of nitrogens with zero attached hydrogens (tertiary/aromatic N) is 2. The molecule has 0 fully saturated rings. The van der Waals surface area contributed by atoms with E-state index in [1.165, 1.54) is 4.90 Å². The van der Waals surface area contributed by atoms with E-state index in [9.17, 15) is 14.7 Å². The van der Waals surface area contributed by atoms with Crippen LogP contribution in [0.3, 0.4) is 0 Å². The van der Waals surface area contributed by atoms with Crippen molar-refractivity contribution in [2.75, 3.05) is 12.5 Å². The van der Waals surface area contributed by atoms with Gasteiger partial charge in [-0.25, -0.2) is 9.78 Å². The minimum atomic E-state index is -1.87. The van der Waals surface area contributed by atoms with Gasteiger partial charge >= 0.3 is 5.97 Å². The highest BCUT2D eigenvalue weighted by atomic mass is 32.2. The lowest BCUT2D eigenvalue weighted by molar-refractivity contribution is -0.172. The Morgan fingerprint density at radius 2 is 1.79 bits per heavy atom. The summed E-state index contributed by atoms with van der Waals surface area (Å²) in [6.07, 6.45) is 0.0938. The van der Waals surface area contributed by atoms with Crippen LogP contribution < -0.4 is 15.0 Å². The summed E-state index contributed by atoms with van der Waals surface area (Å²) in [6, 6.07) is 13.9. The number of hydrogen-bond donors (Lipinski definition) is 1. The molecule has 4 aromatic rings. The molecule has 0 amide bonds. The number of carbonyl (C=O) groups is 1. The quantitative estimate of drug-likeness (QED) is 0.267. The lowest BCUT2D eigenvalue weighted by atomic mass is 9.86. The van der Waals surface area contributed by atoms with Gasteiger partial charge in [0.15, 0.2) is 17.1 Å².